The first-order valence-electron chi connectivity index (χ1n) is 10.2. The Bertz CT molecular complexity index is 997. The highest BCUT2D eigenvalue weighted by molar-refractivity contribution is 6.02. The van der Waals surface area contributed by atoms with Crippen molar-refractivity contribution in [3.05, 3.63) is 72.1 Å². The second-order valence-electron chi connectivity index (χ2n) is 7.23. The van der Waals surface area contributed by atoms with E-state index in [2.05, 4.69) is 21.4 Å². The number of benzene rings is 2. The van der Waals surface area contributed by atoms with E-state index in [0.29, 0.717) is 11.4 Å². The first-order chi connectivity index (χ1) is 15.2. The second-order valence-corrected chi connectivity index (χ2v) is 7.23. The van der Waals surface area contributed by atoms with Gasteiger partial charge in [0.2, 0.25) is 0 Å². The lowest BCUT2D eigenvalue weighted by Gasteiger charge is -2.26. The molecule has 31 heavy (non-hydrogen) atoms. The molecule has 0 bridgehead atoms. The third kappa shape index (κ3) is 5.84. The van der Waals surface area contributed by atoms with Gasteiger partial charge in [-0.05, 0) is 48.0 Å². The normalized spacial score (nSPS) is 14.2. The molecule has 2 heterocycles. The molecule has 162 valence electrons. The number of ether oxygens (including phenoxy) is 3. The van der Waals surface area contributed by atoms with E-state index < -0.39 is 0 Å². The van der Waals surface area contributed by atoms with Gasteiger partial charge in [-0.15, -0.1) is 0 Å². The summed E-state index contributed by atoms with van der Waals surface area (Å²) in [4.78, 5) is 14.9. The fraction of sp³-hybridized carbons (Fsp3) is 0.304. The minimum atomic E-state index is -0.258. The molecule has 1 N–H and O–H groups in total. The zero-order chi connectivity index (χ0) is 21.5. The highest BCUT2D eigenvalue weighted by Crippen LogP contribution is 2.18. The molecule has 4 rings (SSSR count). The molecule has 0 spiro atoms. The van der Waals surface area contributed by atoms with Crippen LogP contribution in [-0.2, 0) is 18.0 Å². The van der Waals surface area contributed by atoms with Gasteiger partial charge in [0.05, 0.1) is 20.3 Å². The molecule has 0 atom stereocenters. The van der Waals surface area contributed by atoms with Crippen LogP contribution in [0.1, 0.15) is 16.1 Å². The summed E-state index contributed by atoms with van der Waals surface area (Å²) in [5.74, 6) is 1.20. The maximum Gasteiger partial charge on any atom is 0.276 e. The molecule has 0 unspecified atom stereocenters. The fourth-order valence-corrected chi connectivity index (χ4v) is 3.33. The summed E-state index contributed by atoms with van der Waals surface area (Å²) < 4.78 is 17.8. The molecule has 1 aromatic heterocycles. The molecule has 0 saturated carbocycles. The second kappa shape index (κ2) is 10.1. The van der Waals surface area contributed by atoms with E-state index in [-0.39, 0.29) is 12.6 Å². The van der Waals surface area contributed by atoms with Gasteiger partial charge in [-0.25, -0.2) is 4.68 Å². The van der Waals surface area contributed by atoms with Crippen molar-refractivity contribution in [3.63, 3.8) is 0 Å². The van der Waals surface area contributed by atoms with E-state index in [4.69, 9.17) is 14.2 Å². The Labute approximate surface area is 181 Å². The minimum absolute atomic E-state index is 0.203. The molecule has 1 aliphatic rings. The number of nitrogens with zero attached hydrogens (tertiary/aromatic N) is 3. The number of anilines is 1. The molecule has 1 amide bonds. The number of carbonyl (C=O) groups excluding carboxylic acids is 1. The average molecular weight is 422 g/mol. The number of hydrogen-bond donors (Lipinski definition) is 1. The minimum Gasteiger partial charge on any atom is -0.497 e. The predicted molar refractivity (Wildman–Crippen MR) is 116 cm³/mol. The van der Waals surface area contributed by atoms with Crippen LogP contribution >= 0.6 is 0 Å². The van der Waals surface area contributed by atoms with Crippen molar-refractivity contribution in [3.8, 4) is 11.5 Å². The van der Waals surface area contributed by atoms with E-state index in [0.717, 1.165) is 49.8 Å². The van der Waals surface area contributed by atoms with Gasteiger partial charge < -0.3 is 19.5 Å². The van der Waals surface area contributed by atoms with E-state index in [1.54, 1.807) is 24.1 Å². The monoisotopic (exact) mass is 422 g/mol. The van der Waals surface area contributed by atoms with Gasteiger partial charge in [0.25, 0.3) is 5.91 Å². The number of morpholine rings is 1. The quantitative estimate of drug-likeness (QED) is 0.601. The molecule has 8 heteroatoms. The Hall–Kier alpha value is -3.36. The van der Waals surface area contributed by atoms with Crippen molar-refractivity contribution in [2.45, 2.75) is 13.3 Å². The van der Waals surface area contributed by atoms with Crippen molar-refractivity contribution < 1.29 is 19.0 Å². The summed E-state index contributed by atoms with van der Waals surface area (Å²) >= 11 is 0. The lowest BCUT2D eigenvalue weighted by Crippen LogP contribution is -2.35. The molecule has 3 aromatic rings. The van der Waals surface area contributed by atoms with Crippen LogP contribution < -0.4 is 14.8 Å². The Morgan fingerprint density at radius 1 is 1.10 bits per heavy atom. The van der Waals surface area contributed by atoms with Crippen molar-refractivity contribution >= 4 is 11.6 Å². The zero-order valence-corrected chi connectivity index (χ0v) is 17.5. The van der Waals surface area contributed by atoms with Crippen LogP contribution in [0.15, 0.2) is 60.8 Å². The number of carbonyl (C=O) groups is 1. The average Bonchev–Trinajstić information content (AvgIpc) is 3.28. The topological polar surface area (TPSA) is 77.9 Å². The Kier molecular flexibility index (Phi) is 6.81. The number of aromatic nitrogens is 2. The van der Waals surface area contributed by atoms with Crippen LogP contribution in [-0.4, -0.2) is 54.0 Å². The summed E-state index contributed by atoms with van der Waals surface area (Å²) in [5, 5.41) is 7.23. The summed E-state index contributed by atoms with van der Waals surface area (Å²) in [6.45, 7) is 4.42. The summed E-state index contributed by atoms with van der Waals surface area (Å²) in [7, 11) is 1.62. The SMILES string of the molecule is COc1ccc(OCn2ccc(C(=O)Nc3cccc(CN4CCOCC4)c3)n2)cc1. The highest BCUT2D eigenvalue weighted by Gasteiger charge is 2.13. The van der Waals surface area contributed by atoms with Crippen LogP contribution in [0.3, 0.4) is 0 Å². The van der Waals surface area contributed by atoms with Gasteiger partial charge in [-0.1, -0.05) is 12.1 Å². The van der Waals surface area contributed by atoms with E-state index >= 15 is 0 Å². The number of hydrogen-bond acceptors (Lipinski definition) is 6. The summed E-state index contributed by atoms with van der Waals surface area (Å²) in [6.07, 6.45) is 1.72. The van der Waals surface area contributed by atoms with Crippen molar-refractivity contribution in [1.82, 2.24) is 14.7 Å². The lowest BCUT2D eigenvalue weighted by molar-refractivity contribution is 0.0342. The van der Waals surface area contributed by atoms with Crippen LogP contribution in [0.5, 0.6) is 11.5 Å². The van der Waals surface area contributed by atoms with Crippen molar-refractivity contribution in [2.75, 3.05) is 38.7 Å². The molecular weight excluding hydrogens is 396 g/mol. The molecule has 8 nitrogen and oxygen atoms in total. The Morgan fingerprint density at radius 3 is 2.65 bits per heavy atom. The van der Waals surface area contributed by atoms with E-state index in [9.17, 15) is 4.79 Å². The van der Waals surface area contributed by atoms with Crippen LogP contribution in [0.25, 0.3) is 0 Å². The van der Waals surface area contributed by atoms with Crippen LogP contribution in [0, 0.1) is 0 Å². The standard InChI is InChI=1S/C23H26N4O4/c1-29-20-5-7-21(8-6-20)31-17-27-10-9-22(25-27)23(28)24-19-4-2-3-18(15-19)16-26-11-13-30-14-12-26/h2-10,15H,11-14,16-17H2,1H3,(H,24,28). The van der Waals surface area contributed by atoms with Crippen LogP contribution in [0.2, 0.25) is 0 Å². The molecule has 1 aliphatic heterocycles. The zero-order valence-electron chi connectivity index (χ0n) is 17.5. The maximum absolute atomic E-state index is 12.6. The Morgan fingerprint density at radius 2 is 1.87 bits per heavy atom. The van der Waals surface area contributed by atoms with Gasteiger partial charge >= 0.3 is 0 Å². The summed E-state index contributed by atoms with van der Waals surface area (Å²) in [6, 6.07) is 16.9. The van der Waals surface area contributed by atoms with Crippen LogP contribution in [0.4, 0.5) is 5.69 Å². The van der Waals surface area contributed by atoms with Gasteiger partial charge in [0, 0.05) is 31.5 Å². The third-order valence-electron chi connectivity index (χ3n) is 4.99. The number of amides is 1. The largest absolute Gasteiger partial charge is 0.497 e. The molecule has 0 radical (unpaired) electrons. The van der Waals surface area contributed by atoms with E-state index in [1.165, 1.54) is 0 Å². The Balaban J connectivity index is 1.31. The highest BCUT2D eigenvalue weighted by atomic mass is 16.5. The first kappa shape index (κ1) is 20.9. The predicted octanol–water partition coefficient (Wildman–Crippen LogP) is 3.01. The molecule has 0 aliphatic carbocycles. The number of nitrogens with one attached hydrogen (secondary N) is 1. The van der Waals surface area contributed by atoms with Gasteiger partial charge in [-0.2, -0.15) is 5.10 Å². The van der Waals surface area contributed by atoms with Gasteiger partial charge in [0.1, 0.15) is 11.5 Å². The molecule has 1 saturated heterocycles. The van der Waals surface area contributed by atoms with E-state index in [1.807, 2.05) is 42.5 Å². The fourth-order valence-electron chi connectivity index (χ4n) is 3.33. The third-order valence-corrected chi connectivity index (χ3v) is 4.99. The van der Waals surface area contributed by atoms with Gasteiger partial charge in [-0.3, -0.25) is 9.69 Å². The van der Waals surface area contributed by atoms with Crippen molar-refractivity contribution in [2.24, 2.45) is 0 Å². The van der Waals surface area contributed by atoms with Crippen molar-refractivity contribution in [1.29, 1.82) is 0 Å². The molecule has 1 fully saturated rings. The number of rotatable bonds is 8. The molecular formula is C23H26N4O4. The number of methoxy groups -OCH3 is 1. The van der Waals surface area contributed by atoms with Gasteiger partial charge in [0.15, 0.2) is 12.4 Å². The summed E-state index contributed by atoms with van der Waals surface area (Å²) in [5.41, 5.74) is 2.23. The lowest BCUT2D eigenvalue weighted by atomic mass is 10.2. The maximum atomic E-state index is 12.6. The first-order valence-corrected chi connectivity index (χ1v) is 10.2. The smallest absolute Gasteiger partial charge is 0.276 e. The molecule has 2 aromatic carbocycles.